The lowest BCUT2D eigenvalue weighted by Crippen LogP contribution is -2.63. The molecule has 4 heteroatoms. The molecule has 1 aliphatic heterocycles. The molecule has 2 atom stereocenters. The molecular formula is C21H27N3O. The van der Waals surface area contributed by atoms with Crippen molar-refractivity contribution in [2.24, 2.45) is 11.5 Å². The average Bonchev–Trinajstić information content (AvgIpc) is 2.63. The van der Waals surface area contributed by atoms with Gasteiger partial charge < -0.3 is 11.5 Å². The van der Waals surface area contributed by atoms with Gasteiger partial charge in [-0.1, -0.05) is 61.9 Å². The van der Waals surface area contributed by atoms with Crippen molar-refractivity contribution in [1.29, 1.82) is 0 Å². The molecular weight excluding hydrogens is 310 g/mol. The fourth-order valence-electron chi connectivity index (χ4n) is 3.94. The van der Waals surface area contributed by atoms with E-state index in [0.717, 1.165) is 36.0 Å². The highest BCUT2D eigenvalue weighted by molar-refractivity contribution is 5.87. The molecule has 2 aromatic carbocycles. The highest BCUT2D eigenvalue weighted by Gasteiger charge is 2.47. The van der Waals surface area contributed by atoms with E-state index in [-0.39, 0.29) is 5.92 Å². The Hall–Kier alpha value is -2.17. The smallest absolute Gasteiger partial charge is 0.257 e. The first-order valence-corrected chi connectivity index (χ1v) is 8.97. The molecule has 0 fully saturated rings. The number of hydrogen-bond donors (Lipinski definition) is 2. The summed E-state index contributed by atoms with van der Waals surface area (Å²) in [6.07, 6.45) is 3.06. The molecule has 3 rings (SSSR count). The maximum absolute atomic E-state index is 12.4. The highest BCUT2D eigenvalue weighted by atomic mass is 16.2. The molecule has 0 saturated carbocycles. The van der Waals surface area contributed by atoms with E-state index in [1.807, 2.05) is 30.1 Å². The van der Waals surface area contributed by atoms with E-state index in [2.05, 4.69) is 37.3 Å². The number of amides is 1. The molecule has 1 heterocycles. The largest absolute Gasteiger partial charge is 0.367 e. The standard InChI is InChI=1S/C21H27N3O/c1-3-4-9-16-12-8-13-17-18(15-10-6-5-7-11-15)14-24(2)21(23,19(16)17)20(22)25/h5-8,10-13,18H,3-4,9,14,23H2,1-2H3,(H2,22,25). The minimum atomic E-state index is -1.26. The van der Waals surface area contributed by atoms with Crippen LogP contribution in [0.25, 0.3) is 0 Å². The normalized spacial score (nSPS) is 23.2. The number of primary amides is 1. The summed E-state index contributed by atoms with van der Waals surface area (Å²) in [5, 5.41) is 0. The van der Waals surface area contributed by atoms with Gasteiger partial charge in [0.1, 0.15) is 0 Å². The van der Waals surface area contributed by atoms with Gasteiger partial charge in [0.05, 0.1) is 0 Å². The van der Waals surface area contributed by atoms with Crippen LogP contribution in [0.5, 0.6) is 0 Å². The molecule has 2 unspecified atom stereocenters. The van der Waals surface area contributed by atoms with E-state index in [1.54, 1.807) is 0 Å². The molecule has 0 spiro atoms. The summed E-state index contributed by atoms with van der Waals surface area (Å²) in [6.45, 7) is 2.83. The van der Waals surface area contributed by atoms with Crippen molar-refractivity contribution in [3.8, 4) is 0 Å². The van der Waals surface area contributed by atoms with Crippen LogP contribution < -0.4 is 11.5 Å². The van der Waals surface area contributed by atoms with Gasteiger partial charge in [-0.2, -0.15) is 0 Å². The quantitative estimate of drug-likeness (QED) is 0.881. The first-order valence-electron chi connectivity index (χ1n) is 8.97. The molecule has 0 saturated heterocycles. The number of aryl methyl sites for hydroxylation is 1. The Morgan fingerprint density at radius 2 is 1.92 bits per heavy atom. The minimum Gasteiger partial charge on any atom is -0.367 e. The summed E-state index contributed by atoms with van der Waals surface area (Å²) in [5.74, 6) is -0.314. The van der Waals surface area contributed by atoms with Gasteiger partial charge in [0, 0.05) is 18.0 Å². The highest BCUT2D eigenvalue weighted by Crippen LogP contribution is 2.41. The van der Waals surface area contributed by atoms with Crippen molar-refractivity contribution < 1.29 is 4.79 Å². The minimum absolute atomic E-state index is 0.179. The second kappa shape index (κ2) is 6.98. The van der Waals surface area contributed by atoms with E-state index < -0.39 is 11.6 Å². The van der Waals surface area contributed by atoms with E-state index >= 15 is 0 Å². The van der Waals surface area contributed by atoms with Gasteiger partial charge in [0.2, 0.25) is 0 Å². The van der Waals surface area contributed by atoms with Crippen LogP contribution >= 0.6 is 0 Å². The Kier molecular flexibility index (Phi) is 4.93. The third-order valence-corrected chi connectivity index (χ3v) is 5.38. The van der Waals surface area contributed by atoms with Gasteiger partial charge in [-0.05, 0) is 36.6 Å². The van der Waals surface area contributed by atoms with E-state index in [1.165, 1.54) is 5.56 Å². The Bertz CT molecular complexity index is 759. The van der Waals surface area contributed by atoms with E-state index in [4.69, 9.17) is 11.5 Å². The molecule has 4 nitrogen and oxygen atoms in total. The van der Waals surface area contributed by atoms with Crippen LogP contribution in [0.15, 0.2) is 48.5 Å². The fraction of sp³-hybridized carbons (Fsp3) is 0.381. The lowest BCUT2D eigenvalue weighted by Gasteiger charge is -2.45. The number of hydrogen-bond acceptors (Lipinski definition) is 3. The van der Waals surface area contributed by atoms with Gasteiger partial charge in [-0.15, -0.1) is 0 Å². The second-order valence-corrected chi connectivity index (χ2v) is 6.96. The molecule has 132 valence electrons. The summed E-state index contributed by atoms with van der Waals surface area (Å²) in [4.78, 5) is 14.3. The molecule has 25 heavy (non-hydrogen) atoms. The number of unbranched alkanes of at least 4 members (excludes halogenated alkanes) is 1. The number of nitrogens with two attached hydrogens (primary N) is 2. The number of likely N-dealkylation sites (N-methyl/N-ethyl adjacent to an activating group) is 1. The van der Waals surface area contributed by atoms with E-state index in [9.17, 15) is 4.79 Å². The Morgan fingerprint density at radius 1 is 1.20 bits per heavy atom. The molecule has 2 aromatic rings. The number of fused-ring (bicyclic) bond motifs is 1. The van der Waals surface area contributed by atoms with Gasteiger partial charge in [0.15, 0.2) is 5.66 Å². The topological polar surface area (TPSA) is 72.3 Å². The molecule has 0 aromatic heterocycles. The summed E-state index contributed by atoms with van der Waals surface area (Å²) in [5.41, 5.74) is 15.5. The molecule has 0 aliphatic carbocycles. The summed E-state index contributed by atoms with van der Waals surface area (Å²) < 4.78 is 0. The Morgan fingerprint density at radius 3 is 2.56 bits per heavy atom. The van der Waals surface area contributed by atoms with Crippen LogP contribution in [0.1, 0.15) is 47.9 Å². The van der Waals surface area contributed by atoms with Gasteiger partial charge in [-0.3, -0.25) is 9.69 Å². The molecule has 4 N–H and O–H groups in total. The monoisotopic (exact) mass is 337 g/mol. The first-order chi connectivity index (χ1) is 12.0. The Labute approximate surface area is 149 Å². The predicted molar refractivity (Wildman–Crippen MR) is 101 cm³/mol. The SMILES string of the molecule is CCCCc1cccc2c1C(N)(C(N)=O)N(C)CC2c1ccccc1. The lowest BCUT2D eigenvalue weighted by atomic mass is 9.76. The van der Waals surface area contributed by atoms with Crippen molar-refractivity contribution in [1.82, 2.24) is 4.90 Å². The van der Waals surface area contributed by atoms with Crippen LogP contribution in [-0.2, 0) is 16.9 Å². The third-order valence-electron chi connectivity index (χ3n) is 5.38. The summed E-state index contributed by atoms with van der Waals surface area (Å²) >= 11 is 0. The molecule has 0 bridgehead atoms. The molecule has 0 radical (unpaired) electrons. The average molecular weight is 337 g/mol. The van der Waals surface area contributed by atoms with Gasteiger partial charge in [0.25, 0.3) is 5.91 Å². The molecule has 1 amide bonds. The number of nitrogens with zero attached hydrogens (tertiary/aromatic N) is 1. The van der Waals surface area contributed by atoms with Crippen molar-refractivity contribution in [2.75, 3.05) is 13.6 Å². The second-order valence-electron chi connectivity index (χ2n) is 6.96. The van der Waals surface area contributed by atoms with Crippen LogP contribution in [0.2, 0.25) is 0 Å². The summed E-state index contributed by atoms with van der Waals surface area (Å²) in [6, 6.07) is 16.6. The number of carbonyl (C=O) groups is 1. The molecule has 1 aliphatic rings. The predicted octanol–water partition coefficient (Wildman–Crippen LogP) is 2.70. The van der Waals surface area contributed by atoms with Gasteiger partial charge >= 0.3 is 0 Å². The summed E-state index contributed by atoms with van der Waals surface area (Å²) in [7, 11) is 1.89. The zero-order valence-electron chi connectivity index (χ0n) is 15.0. The van der Waals surface area contributed by atoms with Crippen LogP contribution in [0.4, 0.5) is 0 Å². The number of benzene rings is 2. The zero-order valence-corrected chi connectivity index (χ0v) is 15.0. The maximum atomic E-state index is 12.4. The van der Waals surface area contributed by atoms with Crippen molar-refractivity contribution in [3.05, 3.63) is 70.8 Å². The lowest BCUT2D eigenvalue weighted by molar-refractivity contribution is -0.130. The number of rotatable bonds is 5. The maximum Gasteiger partial charge on any atom is 0.257 e. The fourth-order valence-corrected chi connectivity index (χ4v) is 3.94. The Balaban J connectivity index is 2.21. The van der Waals surface area contributed by atoms with Crippen LogP contribution in [-0.4, -0.2) is 24.4 Å². The zero-order chi connectivity index (χ0) is 18.0. The van der Waals surface area contributed by atoms with Gasteiger partial charge in [-0.25, -0.2) is 0 Å². The van der Waals surface area contributed by atoms with E-state index in [0.29, 0.717) is 6.54 Å². The first kappa shape index (κ1) is 17.6. The van der Waals surface area contributed by atoms with Crippen molar-refractivity contribution >= 4 is 5.91 Å². The van der Waals surface area contributed by atoms with Crippen molar-refractivity contribution in [2.45, 2.75) is 37.8 Å². The van der Waals surface area contributed by atoms with Crippen LogP contribution in [0.3, 0.4) is 0 Å². The third kappa shape index (κ3) is 2.96. The number of carbonyl (C=O) groups excluding carboxylic acids is 1. The van der Waals surface area contributed by atoms with Crippen molar-refractivity contribution in [3.63, 3.8) is 0 Å². The van der Waals surface area contributed by atoms with Crippen LogP contribution in [0, 0.1) is 0 Å².